The predicted octanol–water partition coefficient (Wildman–Crippen LogP) is 5.35. The number of para-hydroxylation sites is 1. The fraction of sp³-hybridized carbons (Fsp3) is 0.154. The molecule has 1 atom stereocenters. The number of oxazole rings is 1. The minimum atomic E-state index is -0.441. The second-order valence-corrected chi connectivity index (χ2v) is 7.26. The molecule has 1 heterocycles. The highest BCUT2D eigenvalue weighted by molar-refractivity contribution is 5.76. The minimum absolute atomic E-state index is 0.105. The summed E-state index contributed by atoms with van der Waals surface area (Å²) in [4.78, 5) is 16.9. The zero-order chi connectivity index (χ0) is 22.2. The lowest BCUT2D eigenvalue weighted by atomic mass is 10.1. The van der Waals surface area contributed by atoms with E-state index < -0.39 is 11.9 Å². The molecule has 0 bridgehead atoms. The Labute approximate surface area is 185 Å². The van der Waals surface area contributed by atoms with Gasteiger partial charge < -0.3 is 14.5 Å². The predicted molar refractivity (Wildman–Crippen MR) is 119 cm³/mol. The Morgan fingerprint density at radius 3 is 2.41 bits per heavy atom. The van der Waals surface area contributed by atoms with E-state index in [0.29, 0.717) is 18.1 Å². The van der Waals surface area contributed by atoms with Crippen LogP contribution in [0.25, 0.3) is 11.3 Å². The van der Waals surface area contributed by atoms with E-state index in [2.05, 4.69) is 10.3 Å². The molecule has 1 amide bonds. The van der Waals surface area contributed by atoms with E-state index in [4.69, 9.17) is 9.15 Å². The number of carbonyl (C=O) groups excluding carboxylic acids is 1. The first-order chi connectivity index (χ1) is 15.7. The van der Waals surface area contributed by atoms with Gasteiger partial charge in [0.15, 0.2) is 23.2 Å². The SMILES string of the molecule is O=C(CCc1ncc(-c2ccccc2)o1)NC(COc1ccccc1F)c1ccccc1. The number of carbonyl (C=O) groups is 1. The summed E-state index contributed by atoms with van der Waals surface area (Å²) in [5.41, 5.74) is 1.81. The molecular formula is C26H23FN2O3. The molecule has 0 aliphatic heterocycles. The number of rotatable bonds is 9. The molecule has 4 aromatic rings. The van der Waals surface area contributed by atoms with Crippen molar-refractivity contribution in [3.05, 3.63) is 108 Å². The molecule has 0 fully saturated rings. The maximum absolute atomic E-state index is 13.9. The van der Waals surface area contributed by atoms with Gasteiger partial charge in [-0.25, -0.2) is 9.37 Å². The zero-order valence-corrected chi connectivity index (χ0v) is 17.4. The molecule has 1 unspecified atom stereocenters. The van der Waals surface area contributed by atoms with Crippen LogP contribution in [0, 0.1) is 5.82 Å². The first kappa shape index (κ1) is 21.3. The van der Waals surface area contributed by atoms with E-state index in [9.17, 15) is 9.18 Å². The molecule has 0 radical (unpaired) electrons. The van der Waals surface area contributed by atoms with E-state index in [-0.39, 0.29) is 24.7 Å². The van der Waals surface area contributed by atoms with Crippen molar-refractivity contribution in [1.29, 1.82) is 0 Å². The number of nitrogens with one attached hydrogen (secondary N) is 1. The first-order valence-electron chi connectivity index (χ1n) is 10.4. The highest BCUT2D eigenvalue weighted by Gasteiger charge is 2.17. The van der Waals surface area contributed by atoms with Crippen LogP contribution in [0.4, 0.5) is 4.39 Å². The number of amides is 1. The van der Waals surface area contributed by atoms with Gasteiger partial charge in [-0.3, -0.25) is 4.79 Å². The molecule has 0 aliphatic carbocycles. The van der Waals surface area contributed by atoms with Crippen LogP contribution < -0.4 is 10.1 Å². The molecule has 32 heavy (non-hydrogen) atoms. The van der Waals surface area contributed by atoms with Crippen molar-refractivity contribution in [2.45, 2.75) is 18.9 Å². The van der Waals surface area contributed by atoms with Gasteiger partial charge in [0.2, 0.25) is 5.91 Å². The third kappa shape index (κ3) is 5.60. The van der Waals surface area contributed by atoms with Crippen LogP contribution in [-0.2, 0) is 11.2 Å². The molecule has 162 valence electrons. The van der Waals surface area contributed by atoms with Gasteiger partial charge >= 0.3 is 0 Å². The number of benzene rings is 3. The van der Waals surface area contributed by atoms with E-state index in [1.807, 2.05) is 60.7 Å². The van der Waals surface area contributed by atoms with Gasteiger partial charge in [0.1, 0.15) is 6.61 Å². The summed E-state index contributed by atoms with van der Waals surface area (Å²) in [6, 6.07) is 24.9. The quantitative estimate of drug-likeness (QED) is 0.389. The first-order valence-corrected chi connectivity index (χ1v) is 10.4. The lowest BCUT2D eigenvalue weighted by Crippen LogP contribution is -2.32. The van der Waals surface area contributed by atoms with Crippen LogP contribution in [0.2, 0.25) is 0 Å². The number of aryl methyl sites for hydroxylation is 1. The van der Waals surface area contributed by atoms with Crippen molar-refractivity contribution >= 4 is 5.91 Å². The lowest BCUT2D eigenvalue weighted by Gasteiger charge is -2.20. The summed E-state index contributed by atoms with van der Waals surface area (Å²) in [7, 11) is 0. The molecular weight excluding hydrogens is 407 g/mol. The monoisotopic (exact) mass is 430 g/mol. The molecule has 1 aromatic heterocycles. The topological polar surface area (TPSA) is 64.4 Å². The summed E-state index contributed by atoms with van der Waals surface area (Å²) >= 11 is 0. The third-order valence-corrected chi connectivity index (χ3v) is 4.96. The Bertz CT molecular complexity index is 1150. The maximum atomic E-state index is 13.9. The molecule has 3 aromatic carbocycles. The molecule has 0 aliphatic rings. The number of aromatic nitrogens is 1. The lowest BCUT2D eigenvalue weighted by molar-refractivity contribution is -0.122. The molecule has 0 saturated heterocycles. The average Bonchev–Trinajstić information content (AvgIpc) is 3.32. The molecule has 0 saturated carbocycles. The van der Waals surface area contributed by atoms with E-state index in [1.165, 1.54) is 6.07 Å². The van der Waals surface area contributed by atoms with Crippen LogP contribution in [0.3, 0.4) is 0 Å². The van der Waals surface area contributed by atoms with E-state index in [0.717, 1.165) is 11.1 Å². The third-order valence-electron chi connectivity index (χ3n) is 4.96. The number of ether oxygens (including phenoxy) is 1. The van der Waals surface area contributed by atoms with E-state index in [1.54, 1.807) is 24.4 Å². The highest BCUT2D eigenvalue weighted by Crippen LogP contribution is 2.21. The van der Waals surface area contributed by atoms with Crippen molar-refractivity contribution in [3.8, 4) is 17.1 Å². The highest BCUT2D eigenvalue weighted by atomic mass is 19.1. The minimum Gasteiger partial charge on any atom is -0.488 e. The van der Waals surface area contributed by atoms with Crippen molar-refractivity contribution in [3.63, 3.8) is 0 Å². The Morgan fingerprint density at radius 1 is 0.969 bits per heavy atom. The van der Waals surface area contributed by atoms with Gasteiger partial charge in [-0.1, -0.05) is 72.8 Å². The van der Waals surface area contributed by atoms with Crippen molar-refractivity contribution in [1.82, 2.24) is 10.3 Å². The van der Waals surface area contributed by atoms with Gasteiger partial charge in [0, 0.05) is 18.4 Å². The normalized spacial score (nSPS) is 11.7. The Kier molecular flexibility index (Phi) is 6.92. The zero-order valence-electron chi connectivity index (χ0n) is 17.4. The fourth-order valence-electron chi connectivity index (χ4n) is 3.29. The van der Waals surface area contributed by atoms with Crippen LogP contribution in [-0.4, -0.2) is 17.5 Å². The standard InChI is InChI=1S/C26H23FN2O3/c27-21-13-7-8-14-23(21)31-18-22(19-9-3-1-4-10-19)29-25(30)15-16-26-28-17-24(32-26)20-11-5-2-6-12-20/h1-14,17,22H,15-16,18H2,(H,29,30). The molecule has 0 spiro atoms. The fourth-order valence-corrected chi connectivity index (χ4v) is 3.29. The molecule has 5 nitrogen and oxygen atoms in total. The van der Waals surface area contributed by atoms with Gasteiger partial charge in [-0.05, 0) is 17.7 Å². The molecule has 1 N–H and O–H groups in total. The van der Waals surface area contributed by atoms with Crippen LogP contribution >= 0.6 is 0 Å². The number of hydrogen-bond acceptors (Lipinski definition) is 4. The number of nitrogens with zero attached hydrogens (tertiary/aromatic N) is 1. The van der Waals surface area contributed by atoms with Gasteiger partial charge in [0.05, 0.1) is 12.2 Å². The van der Waals surface area contributed by atoms with Crippen molar-refractivity contribution in [2.75, 3.05) is 6.61 Å². The van der Waals surface area contributed by atoms with Crippen LogP contribution in [0.15, 0.2) is 95.5 Å². The van der Waals surface area contributed by atoms with Gasteiger partial charge in [-0.15, -0.1) is 0 Å². The smallest absolute Gasteiger partial charge is 0.221 e. The van der Waals surface area contributed by atoms with Crippen molar-refractivity contribution in [2.24, 2.45) is 0 Å². The average molecular weight is 430 g/mol. The largest absolute Gasteiger partial charge is 0.488 e. The van der Waals surface area contributed by atoms with Crippen LogP contribution in [0.5, 0.6) is 5.75 Å². The maximum Gasteiger partial charge on any atom is 0.221 e. The summed E-state index contributed by atoms with van der Waals surface area (Å²) in [5, 5.41) is 2.98. The molecule has 4 rings (SSSR count). The van der Waals surface area contributed by atoms with Gasteiger partial charge in [0.25, 0.3) is 0 Å². The van der Waals surface area contributed by atoms with Gasteiger partial charge in [-0.2, -0.15) is 0 Å². The number of halogens is 1. The second-order valence-electron chi connectivity index (χ2n) is 7.26. The summed E-state index contributed by atoms with van der Waals surface area (Å²) < 4.78 is 25.3. The Morgan fingerprint density at radius 2 is 1.66 bits per heavy atom. The summed E-state index contributed by atoms with van der Waals surface area (Å²) in [6.45, 7) is 0.105. The van der Waals surface area contributed by atoms with Crippen molar-refractivity contribution < 1.29 is 18.3 Å². The Hall–Kier alpha value is -3.93. The summed E-state index contributed by atoms with van der Waals surface area (Å²) in [5.74, 6) is 0.703. The Balaban J connectivity index is 1.37. The summed E-state index contributed by atoms with van der Waals surface area (Å²) in [6.07, 6.45) is 2.24. The second kappa shape index (κ2) is 10.4. The molecule has 6 heteroatoms. The van der Waals surface area contributed by atoms with E-state index >= 15 is 0 Å². The number of hydrogen-bond donors (Lipinski definition) is 1. The van der Waals surface area contributed by atoms with Crippen LogP contribution in [0.1, 0.15) is 23.9 Å².